The Morgan fingerprint density at radius 1 is 0.737 bits per heavy atom. The Hall–Kier alpha value is -1.27. The zero-order valence-electron chi connectivity index (χ0n) is 34.8. The Labute approximate surface area is 337 Å². The predicted molar refractivity (Wildman–Crippen MR) is 202 cm³/mol. The van der Waals surface area contributed by atoms with Crippen LogP contribution in [-0.4, -0.2) is 139 Å². The highest BCUT2D eigenvalue weighted by molar-refractivity contribution is 5.85. The van der Waals surface area contributed by atoms with Gasteiger partial charge in [0.25, 0.3) is 0 Å². The summed E-state index contributed by atoms with van der Waals surface area (Å²) >= 11 is 0. The average Bonchev–Trinajstić information content (AvgIpc) is 3.71. The fourth-order valence-corrected chi connectivity index (χ4v) is 13.3. The van der Waals surface area contributed by atoms with Crippen LogP contribution in [-0.2, 0) is 47.4 Å². The molecular formula is C43H68O14. The molecule has 8 rings (SSSR count). The summed E-state index contributed by atoms with van der Waals surface area (Å²) in [5.74, 6) is 0.0250. The number of cyclic esters (lactones) is 1. The number of fused-ring (bicyclic) bond motifs is 5. The van der Waals surface area contributed by atoms with Crippen molar-refractivity contribution < 1.29 is 67.9 Å². The third-order valence-electron chi connectivity index (χ3n) is 16.4. The average molecular weight is 809 g/mol. The summed E-state index contributed by atoms with van der Waals surface area (Å²) in [6.45, 7) is 10.3. The van der Waals surface area contributed by atoms with Crippen molar-refractivity contribution in [1.29, 1.82) is 0 Å². The first-order chi connectivity index (χ1) is 27.1. The summed E-state index contributed by atoms with van der Waals surface area (Å²) in [6.07, 6.45) is 1.81. The maximum absolute atomic E-state index is 12.6. The van der Waals surface area contributed by atoms with E-state index in [1.54, 1.807) is 27.2 Å². The second-order valence-corrected chi connectivity index (χ2v) is 19.3. The highest BCUT2D eigenvalue weighted by Crippen LogP contribution is 2.70. The molecule has 4 aliphatic carbocycles. The molecule has 8 aliphatic rings. The molecule has 0 aromatic rings. The van der Waals surface area contributed by atoms with E-state index in [-0.39, 0.29) is 54.4 Å². The van der Waals surface area contributed by atoms with E-state index in [1.807, 2.05) is 13.8 Å². The van der Waals surface area contributed by atoms with E-state index in [4.69, 9.17) is 42.6 Å². The first-order valence-electron chi connectivity index (χ1n) is 21.7. The minimum Gasteiger partial charge on any atom is -0.458 e. The van der Waals surface area contributed by atoms with Gasteiger partial charge in [-0.2, -0.15) is 0 Å². The molecule has 21 atom stereocenters. The van der Waals surface area contributed by atoms with E-state index in [0.29, 0.717) is 31.6 Å². The van der Waals surface area contributed by atoms with Crippen LogP contribution in [0.25, 0.3) is 0 Å². The summed E-state index contributed by atoms with van der Waals surface area (Å²) in [6, 6.07) is 0. The molecular weight excluding hydrogens is 740 g/mol. The van der Waals surface area contributed by atoms with Crippen LogP contribution in [0.15, 0.2) is 11.6 Å². The van der Waals surface area contributed by atoms with Gasteiger partial charge in [0.2, 0.25) is 0 Å². The highest BCUT2D eigenvalue weighted by atomic mass is 16.7. The van der Waals surface area contributed by atoms with Gasteiger partial charge in [-0.05, 0) is 107 Å². The van der Waals surface area contributed by atoms with Gasteiger partial charge in [-0.25, -0.2) is 4.79 Å². The lowest BCUT2D eigenvalue weighted by atomic mass is 9.42. The van der Waals surface area contributed by atoms with E-state index in [1.165, 1.54) is 0 Å². The third-order valence-corrected chi connectivity index (χ3v) is 16.4. The number of esters is 1. The zero-order chi connectivity index (χ0) is 40.6. The summed E-state index contributed by atoms with van der Waals surface area (Å²) < 4.78 is 54.5. The van der Waals surface area contributed by atoms with Gasteiger partial charge >= 0.3 is 5.97 Å². The lowest BCUT2D eigenvalue weighted by Gasteiger charge is -2.65. The summed E-state index contributed by atoms with van der Waals surface area (Å²) in [7, 11) is 3.19. The molecule has 57 heavy (non-hydrogen) atoms. The fourth-order valence-electron chi connectivity index (χ4n) is 13.3. The van der Waals surface area contributed by atoms with Crippen molar-refractivity contribution in [2.24, 2.45) is 34.5 Å². The number of aliphatic hydroxyl groups is 4. The standard InChI is InChI=1S/C43H68O14/c1-21-38(47)31(49-6)17-35(52-21)57-40-23(3)54-36(18-32(40)50-7)56-39-22(2)53-34(16-29(39)44)55-26-10-12-41(4)25(15-26)8-9-28-37(41)30(45)19-42(5)27(11-13-43(28,42)48)24-14-33(46)51-20-24/h14,21-23,25-32,34-40,44-45,47-48H,8-13,15-20H2,1-7H3/t21-,22-,23-,25-,26+,27-,28+,29+,30-,31-,32-,34+,35-,36+,37-,38-,39-,40+,41+,42-,43+/m1/s1. The van der Waals surface area contributed by atoms with Gasteiger partial charge in [0.1, 0.15) is 24.9 Å². The van der Waals surface area contributed by atoms with E-state index in [2.05, 4.69) is 13.8 Å². The number of rotatable bonds is 9. The van der Waals surface area contributed by atoms with Gasteiger partial charge in [0.15, 0.2) is 18.9 Å². The molecule has 7 fully saturated rings. The monoisotopic (exact) mass is 808 g/mol. The second kappa shape index (κ2) is 16.2. The normalized spacial score (nSPS) is 54.0. The smallest absolute Gasteiger partial charge is 0.331 e. The number of methoxy groups -OCH3 is 2. The number of hydrogen-bond acceptors (Lipinski definition) is 14. The highest BCUT2D eigenvalue weighted by Gasteiger charge is 2.70. The molecule has 4 N–H and O–H groups in total. The van der Waals surface area contributed by atoms with Gasteiger partial charge in [-0.1, -0.05) is 13.8 Å². The quantitative estimate of drug-likeness (QED) is 0.196. The van der Waals surface area contributed by atoms with Gasteiger partial charge < -0.3 is 63.1 Å². The lowest BCUT2D eigenvalue weighted by molar-refractivity contribution is -0.338. The molecule has 0 radical (unpaired) electrons. The van der Waals surface area contributed by atoms with Crippen LogP contribution in [0.5, 0.6) is 0 Å². The van der Waals surface area contributed by atoms with Gasteiger partial charge in [0.05, 0.1) is 54.4 Å². The second-order valence-electron chi connectivity index (χ2n) is 19.3. The number of carbonyl (C=O) groups is 1. The number of ether oxygens (including phenoxy) is 9. The van der Waals surface area contributed by atoms with E-state index in [9.17, 15) is 25.2 Å². The predicted octanol–water partition coefficient (Wildman–Crippen LogP) is 3.53. The maximum atomic E-state index is 12.6. The van der Waals surface area contributed by atoms with Crippen LogP contribution >= 0.6 is 0 Å². The van der Waals surface area contributed by atoms with Crippen molar-refractivity contribution in [1.82, 2.24) is 0 Å². The Morgan fingerprint density at radius 2 is 1.39 bits per heavy atom. The molecule has 4 saturated carbocycles. The summed E-state index contributed by atoms with van der Waals surface area (Å²) in [5.41, 5.74) is -0.592. The minimum absolute atomic E-state index is 0.00900. The molecule has 4 heterocycles. The van der Waals surface area contributed by atoms with Crippen molar-refractivity contribution >= 4 is 5.97 Å². The minimum atomic E-state index is -0.904. The third kappa shape index (κ3) is 7.47. The SMILES string of the molecule is CO[C@@H]1C[C@@H](O[C@H]2[C@@H](C)O[C@@H](O[C@H]3[C@@H](O)C[C@H](O[C@H]4CC[C@@]5(C)[C@H](CC[C@H]6[C@@H]5[C@H](O)C[C@]5(C)[C@@H](C7=CC(=O)OC7)CC[C@]65O)C4)O[C@@H]3C)C[C@H]2OC)O[C@H](C)[C@H]1O. The Morgan fingerprint density at radius 3 is 2.05 bits per heavy atom. The van der Waals surface area contributed by atoms with E-state index < -0.39 is 84.8 Å². The molecule has 0 spiro atoms. The Bertz CT molecular complexity index is 1470. The molecule has 0 aromatic carbocycles. The lowest BCUT2D eigenvalue weighted by Crippen LogP contribution is -2.66. The summed E-state index contributed by atoms with van der Waals surface area (Å²) in [4.78, 5) is 12.0. The fraction of sp³-hybridized carbons (Fsp3) is 0.930. The molecule has 324 valence electrons. The first kappa shape index (κ1) is 42.4. The molecule has 0 amide bonds. The van der Waals surface area contributed by atoms with Crippen molar-refractivity contribution in [3.05, 3.63) is 11.6 Å². The molecule has 14 heteroatoms. The van der Waals surface area contributed by atoms with Gasteiger partial charge in [-0.3, -0.25) is 0 Å². The molecule has 14 nitrogen and oxygen atoms in total. The Balaban J connectivity index is 0.843. The van der Waals surface area contributed by atoms with Crippen molar-refractivity contribution in [3.63, 3.8) is 0 Å². The first-order valence-corrected chi connectivity index (χ1v) is 21.7. The van der Waals surface area contributed by atoms with Crippen LogP contribution in [0, 0.1) is 34.5 Å². The molecule has 0 bridgehead atoms. The van der Waals surface area contributed by atoms with Gasteiger partial charge in [0, 0.05) is 45.0 Å². The van der Waals surface area contributed by atoms with Crippen molar-refractivity contribution in [2.45, 2.75) is 197 Å². The topological polar surface area (TPSA) is 181 Å². The number of carbonyl (C=O) groups excluding carboxylic acids is 1. The van der Waals surface area contributed by atoms with Crippen molar-refractivity contribution in [2.75, 3.05) is 20.8 Å². The van der Waals surface area contributed by atoms with Crippen LogP contribution in [0.2, 0.25) is 0 Å². The molecule has 4 aliphatic heterocycles. The molecule has 3 saturated heterocycles. The number of aliphatic hydroxyl groups excluding tert-OH is 3. The molecule has 0 aromatic heterocycles. The van der Waals surface area contributed by atoms with Crippen LogP contribution in [0.4, 0.5) is 0 Å². The maximum Gasteiger partial charge on any atom is 0.331 e. The Kier molecular flexibility index (Phi) is 12.1. The summed E-state index contributed by atoms with van der Waals surface area (Å²) in [5, 5.41) is 46.3. The number of hydrogen-bond donors (Lipinski definition) is 4. The van der Waals surface area contributed by atoms with E-state index >= 15 is 0 Å². The zero-order valence-corrected chi connectivity index (χ0v) is 34.8. The molecule has 0 unspecified atom stereocenters. The van der Waals surface area contributed by atoms with Gasteiger partial charge in [-0.15, -0.1) is 0 Å². The van der Waals surface area contributed by atoms with E-state index in [0.717, 1.165) is 44.1 Å². The van der Waals surface area contributed by atoms with Crippen LogP contribution in [0.1, 0.15) is 105 Å². The largest absolute Gasteiger partial charge is 0.458 e. The van der Waals surface area contributed by atoms with Crippen LogP contribution < -0.4 is 0 Å². The van der Waals surface area contributed by atoms with Crippen molar-refractivity contribution in [3.8, 4) is 0 Å². The van der Waals surface area contributed by atoms with Crippen LogP contribution in [0.3, 0.4) is 0 Å².